The number of carbonyl (C=O) groups excluding carboxylic acids is 1. The summed E-state index contributed by atoms with van der Waals surface area (Å²) in [6.45, 7) is 4.19. The summed E-state index contributed by atoms with van der Waals surface area (Å²) in [7, 11) is 0. The summed E-state index contributed by atoms with van der Waals surface area (Å²) in [6, 6.07) is 1.54. The van der Waals surface area contributed by atoms with Crippen molar-refractivity contribution in [2.24, 2.45) is 5.92 Å². The average Bonchev–Trinajstić information content (AvgIpc) is 2.51. The van der Waals surface area contributed by atoms with Crippen LogP contribution in [0.1, 0.15) is 20.3 Å². The fourth-order valence-corrected chi connectivity index (χ4v) is 1.43. The topological polar surface area (TPSA) is 62.1 Å². The number of carbonyl (C=O) groups is 1. The standard InChI is InChI=1S/C9H14N2O2/c1-6(5-10)11-9(12)8-3-4-13-7(8)2/h6-8H,3-4H2,1-2H3,(H,11,12). The van der Waals surface area contributed by atoms with E-state index in [-0.39, 0.29) is 17.9 Å². The number of nitrogens with zero attached hydrogens (tertiary/aromatic N) is 1. The molecule has 13 heavy (non-hydrogen) atoms. The maximum absolute atomic E-state index is 11.5. The van der Waals surface area contributed by atoms with Gasteiger partial charge in [-0.15, -0.1) is 0 Å². The zero-order valence-electron chi connectivity index (χ0n) is 7.91. The molecule has 1 fully saturated rings. The van der Waals surface area contributed by atoms with Crippen molar-refractivity contribution in [2.75, 3.05) is 6.61 Å². The highest BCUT2D eigenvalue weighted by Gasteiger charge is 2.31. The fourth-order valence-electron chi connectivity index (χ4n) is 1.43. The molecule has 4 nitrogen and oxygen atoms in total. The van der Waals surface area contributed by atoms with Crippen LogP contribution in [0.2, 0.25) is 0 Å². The van der Waals surface area contributed by atoms with Gasteiger partial charge in [-0.3, -0.25) is 4.79 Å². The van der Waals surface area contributed by atoms with Crippen LogP contribution in [0.5, 0.6) is 0 Å². The zero-order chi connectivity index (χ0) is 9.84. The molecule has 0 saturated carbocycles. The molecule has 3 atom stereocenters. The summed E-state index contributed by atoms with van der Waals surface area (Å²) in [6.07, 6.45) is 0.733. The SMILES string of the molecule is CC(C#N)NC(=O)C1CCOC1C. The number of ether oxygens (including phenoxy) is 1. The van der Waals surface area contributed by atoms with Crippen LogP contribution < -0.4 is 5.32 Å². The first-order chi connectivity index (χ1) is 6.15. The van der Waals surface area contributed by atoms with Crippen molar-refractivity contribution in [1.82, 2.24) is 5.32 Å². The van der Waals surface area contributed by atoms with Crippen molar-refractivity contribution < 1.29 is 9.53 Å². The van der Waals surface area contributed by atoms with E-state index in [1.807, 2.05) is 13.0 Å². The second-order valence-electron chi connectivity index (χ2n) is 3.33. The van der Waals surface area contributed by atoms with Crippen LogP contribution >= 0.6 is 0 Å². The van der Waals surface area contributed by atoms with E-state index in [1.54, 1.807) is 6.92 Å². The Morgan fingerprint density at radius 1 is 1.77 bits per heavy atom. The lowest BCUT2D eigenvalue weighted by molar-refractivity contribution is -0.126. The van der Waals surface area contributed by atoms with Gasteiger partial charge in [-0.25, -0.2) is 0 Å². The van der Waals surface area contributed by atoms with Gasteiger partial charge in [0.05, 0.1) is 18.1 Å². The molecule has 72 valence electrons. The third-order valence-corrected chi connectivity index (χ3v) is 2.27. The summed E-state index contributed by atoms with van der Waals surface area (Å²) < 4.78 is 5.26. The summed E-state index contributed by atoms with van der Waals surface area (Å²) in [5.41, 5.74) is 0. The second kappa shape index (κ2) is 4.24. The highest BCUT2D eigenvalue weighted by molar-refractivity contribution is 5.80. The Hall–Kier alpha value is -1.08. The monoisotopic (exact) mass is 182 g/mol. The molecule has 1 aliphatic rings. The van der Waals surface area contributed by atoms with Gasteiger partial charge >= 0.3 is 0 Å². The predicted molar refractivity (Wildman–Crippen MR) is 46.7 cm³/mol. The van der Waals surface area contributed by atoms with E-state index < -0.39 is 6.04 Å². The van der Waals surface area contributed by atoms with Crippen LogP contribution in [0, 0.1) is 17.2 Å². The van der Waals surface area contributed by atoms with Gasteiger partial charge in [0.2, 0.25) is 5.91 Å². The molecule has 1 rings (SSSR count). The Bertz CT molecular complexity index is 234. The number of hydrogen-bond donors (Lipinski definition) is 1. The van der Waals surface area contributed by atoms with Gasteiger partial charge in [-0.2, -0.15) is 5.26 Å². The molecule has 0 bridgehead atoms. The third-order valence-electron chi connectivity index (χ3n) is 2.27. The number of nitrogens with one attached hydrogen (secondary N) is 1. The zero-order valence-corrected chi connectivity index (χ0v) is 7.91. The molecular formula is C9H14N2O2. The minimum atomic E-state index is -0.416. The number of nitriles is 1. The van der Waals surface area contributed by atoms with E-state index in [1.165, 1.54) is 0 Å². The maximum atomic E-state index is 11.5. The Labute approximate surface area is 77.9 Å². The average molecular weight is 182 g/mol. The first-order valence-corrected chi connectivity index (χ1v) is 4.46. The molecule has 0 aliphatic carbocycles. The molecule has 0 aromatic rings. The molecule has 1 heterocycles. The van der Waals surface area contributed by atoms with E-state index in [2.05, 4.69) is 5.32 Å². The first kappa shape index (κ1) is 10.0. The van der Waals surface area contributed by atoms with Crippen molar-refractivity contribution >= 4 is 5.91 Å². The number of rotatable bonds is 2. The second-order valence-corrected chi connectivity index (χ2v) is 3.33. The van der Waals surface area contributed by atoms with E-state index in [9.17, 15) is 4.79 Å². The largest absolute Gasteiger partial charge is 0.378 e. The lowest BCUT2D eigenvalue weighted by atomic mass is 10.0. The lowest BCUT2D eigenvalue weighted by Gasteiger charge is -2.14. The van der Waals surface area contributed by atoms with Crippen LogP contribution in [0.4, 0.5) is 0 Å². The van der Waals surface area contributed by atoms with Crippen molar-refractivity contribution in [3.8, 4) is 6.07 Å². The molecule has 1 N–H and O–H groups in total. The number of amides is 1. The third kappa shape index (κ3) is 2.43. The molecule has 0 radical (unpaired) electrons. The summed E-state index contributed by atoms with van der Waals surface area (Å²) >= 11 is 0. The predicted octanol–water partition coefficient (Wildman–Crippen LogP) is 0.440. The van der Waals surface area contributed by atoms with Crippen molar-refractivity contribution in [3.05, 3.63) is 0 Å². The van der Waals surface area contributed by atoms with Gasteiger partial charge in [0, 0.05) is 6.61 Å². The molecular weight excluding hydrogens is 168 g/mol. The summed E-state index contributed by atoms with van der Waals surface area (Å²) in [5.74, 6) is -0.158. The van der Waals surface area contributed by atoms with E-state index in [0.717, 1.165) is 6.42 Å². The lowest BCUT2D eigenvalue weighted by Crippen LogP contribution is -2.38. The van der Waals surface area contributed by atoms with Crippen LogP contribution in [0.25, 0.3) is 0 Å². The van der Waals surface area contributed by atoms with Gasteiger partial charge in [0.1, 0.15) is 6.04 Å². The minimum absolute atomic E-state index is 0.0223. The molecule has 4 heteroatoms. The minimum Gasteiger partial charge on any atom is -0.378 e. The summed E-state index contributed by atoms with van der Waals surface area (Å²) in [4.78, 5) is 11.5. The van der Waals surface area contributed by atoms with Gasteiger partial charge in [0.25, 0.3) is 0 Å². The molecule has 0 spiro atoms. The molecule has 3 unspecified atom stereocenters. The molecule has 0 aromatic heterocycles. The van der Waals surface area contributed by atoms with Gasteiger partial charge < -0.3 is 10.1 Å². The Kier molecular flexibility index (Phi) is 3.26. The maximum Gasteiger partial charge on any atom is 0.226 e. The van der Waals surface area contributed by atoms with Crippen molar-refractivity contribution in [2.45, 2.75) is 32.4 Å². The van der Waals surface area contributed by atoms with E-state index >= 15 is 0 Å². The van der Waals surface area contributed by atoms with Crippen LogP contribution in [-0.4, -0.2) is 24.7 Å². The van der Waals surface area contributed by atoms with Crippen molar-refractivity contribution in [1.29, 1.82) is 5.26 Å². The van der Waals surface area contributed by atoms with Crippen molar-refractivity contribution in [3.63, 3.8) is 0 Å². The Morgan fingerprint density at radius 2 is 2.46 bits per heavy atom. The molecule has 0 aromatic carbocycles. The van der Waals surface area contributed by atoms with Crippen LogP contribution in [0.15, 0.2) is 0 Å². The van der Waals surface area contributed by atoms with E-state index in [0.29, 0.717) is 6.61 Å². The van der Waals surface area contributed by atoms with Crippen LogP contribution in [-0.2, 0) is 9.53 Å². The quantitative estimate of drug-likeness (QED) is 0.674. The highest BCUT2D eigenvalue weighted by atomic mass is 16.5. The summed E-state index contributed by atoms with van der Waals surface area (Å²) in [5, 5.41) is 11.1. The molecule has 1 aliphatic heterocycles. The normalized spacial score (nSPS) is 29.3. The first-order valence-electron chi connectivity index (χ1n) is 4.46. The Balaban J connectivity index is 2.44. The number of hydrogen-bond acceptors (Lipinski definition) is 3. The van der Waals surface area contributed by atoms with E-state index in [4.69, 9.17) is 10.00 Å². The smallest absolute Gasteiger partial charge is 0.226 e. The van der Waals surface area contributed by atoms with Gasteiger partial charge in [-0.05, 0) is 20.3 Å². The van der Waals surface area contributed by atoms with Crippen LogP contribution in [0.3, 0.4) is 0 Å². The Morgan fingerprint density at radius 3 is 2.92 bits per heavy atom. The highest BCUT2D eigenvalue weighted by Crippen LogP contribution is 2.20. The van der Waals surface area contributed by atoms with Gasteiger partial charge in [-0.1, -0.05) is 0 Å². The molecule has 1 amide bonds. The molecule has 1 saturated heterocycles. The van der Waals surface area contributed by atoms with Gasteiger partial charge in [0.15, 0.2) is 0 Å². The fraction of sp³-hybridized carbons (Fsp3) is 0.778.